The highest BCUT2D eigenvalue weighted by molar-refractivity contribution is 5.94. The zero-order chi connectivity index (χ0) is 17.1. The molecule has 0 unspecified atom stereocenters. The molecule has 24 heavy (non-hydrogen) atoms. The van der Waals surface area contributed by atoms with Crippen molar-refractivity contribution in [2.24, 2.45) is 0 Å². The van der Waals surface area contributed by atoms with Crippen LogP contribution in [0.2, 0.25) is 0 Å². The van der Waals surface area contributed by atoms with Gasteiger partial charge in [-0.05, 0) is 29.3 Å². The molecule has 0 fully saturated rings. The standard InChI is InChI=1S/C18H16N4O2/c1-22(2)18(23)11-24-17-7-6-12(8-13(17)9-19)14-4-3-5-16-15(14)10-20-21-16/h3-8,10H,11H2,1-2H3,(H,20,21). The number of fused-ring (bicyclic) bond motifs is 1. The molecule has 120 valence electrons. The topological polar surface area (TPSA) is 82.0 Å². The minimum atomic E-state index is -0.161. The van der Waals surface area contributed by atoms with Crippen LogP contribution >= 0.6 is 0 Å². The van der Waals surface area contributed by atoms with Crippen LogP contribution in [0.5, 0.6) is 5.75 Å². The first kappa shape index (κ1) is 15.6. The molecular weight excluding hydrogens is 304 g/mol. The van der Waals surface area contributed by atoms with E-state index in [1.54, 1.807) is 32.4 Å². The number of carbonyl (C=O) groups excluding carboxylic acids is 1. The SMILES string of the molecule is CN(C)C(=O)COc1ccc(-c2cccc3[nH]ncc23)cc1C#N. The quantitative estimate of drug-likeness (QED) is 0.801. The summed E-state index contributed by atoms with van der Waals surface area (Å²) in [5.74, 6) is 0.238. The van der Waals surface area contributed by atoms with Crippen LogP contribution in [0.25, 0.3) is 22.0 Å². The lowest BCUT2D eigenvalue weighted by Gasteiger charge is -2.13. The monoisotopic (exact) mass is 320 g/mol. The third kappa shape index (κ3) is 2.92. The van der Waals surface area contributed by atoms with Gasteiger partial charge in [-0.3, -0.25) is 9.89 Å². The number of carbonyl (C=O) groups is 1. The Bertz CT molecular complexity index is 938. The van der Waals surface area contributed by atoms with Crippen molar-refractivity contribution in [3.63, 3.8) is 0 Å². The van der Waals surface area contributed by atoms with Gasteiger partial charge in [0.25, 0.3) is 5.91 Å². The summed E-state index contributed by atoms with van der Waals surface area (Å²) in [7, 11) is 3.32. The summed E-state index contributed by atoms with van der Waals surface area (Å²) in [5, 5.41) is 17.4. The smallest absolute Gasteiger partial charge is 0.259 e. The summed E-state index contributed by atoms with van der Waals surface area (Å²) < 4.78 is 5.48. The van der Waals surface area contributed by atoms with Gasteiger partial charge in [-0.15, -0.1) is 0 Å². The molecule has 3 aromatic rings. The number of nitrogens with zero attached hydrogens (tertiary/aromatic N) is 3. The second-order valence-corrected chi connectivity index (χ2v) is 5.54. The highest BCUT2D eigenvalue weighted by atomic mass is 16.5. The van der Waals surface area contributed by atoms with Gasteiger partial charge >= 0.3 is 0 Å². The molecule has 1 aromatic heterocycles. The number of nitriles is 1. The van der Waals surface area contributed by atoms with Crippen molar-refractivity contribution in [2.75, 3.05) is 20.7 Å². The van der Waals surface area contributed by atoms with E-state index in [4.69, 9.17) is 4.74 Å². The molecule has 0 bridgehead atoms. The van der Waals surface area contributed by atoms with Crippen molar-refractivity contribution in [3.8, 4) is 22.9 Å². The Morgan fingerprint density at radius 1 is 1.33 bits per heavy atom. The van der Waals surface area contributed by atoms with E-state index >= 15 is 0 Å². The Balaban J connectivity index is 1.94. The Hall–Kier alpha value is -3.33. The number of ether oxygens (including phenoxy) is 1. The van der Waals surface area contributed by atoms with E-state index < -0.39 is 0 Å². The van der Waals surface area contributed by atoms with Crippen LogP contribution in [0, 0.1) is 11.3 Å². The number of hydrogen-bond acceptors (Lipinski definition) is 4. The van der Waals surface area contributed by atoms with Crippen LogP contribution < -0.4 is 4.74 Å². The highest BCUT2D eigenvalue weighted by Crippen LogP contribution is 2.31. The Kier molecular flexibility index (Phi) is 4.17. The third-order valence-corrected chi connectivity index (χ3v) is 3.75. The third-order valence-electron chi connectivity index (χ3n) is 3.75. The van der Waals surface area contributed by atoms with Crippen molar-refractivity contribution in [1.82, 2.24) is 15.1 Å². The largest absolute Gasteiger partial charge is 0.482 e. The van der Waals surface area contributed by atoms with Crippen molar-refractivity contribution >= 4 is 16.8 Å². The molecule has 0 saturated carbocycles. The average molecular weight is 320 g/mol. The summed E-state index contributed by atoms with van der Waals surface area (Å²) in [6.45, 7) is -0.0989. The van der Waals surface area contributed by atoms with Gasteiger partial charge in [0.2, 0.25) is 0 Å². The van der Waals surface area contributed by atoms with Gasteiger partial charge in [-0.1, -0.05) is 18.2 Å². The summed E-state index contributed by atoms with van der Waals surface area (Å²) >= 11 is 0. The number of amides is 1. The van der Waals surface area contributed by atoms with E-state index in [9.17, 15) is 10.1 Å². The summed E-state index contributed by atoms with van der Waals surface area (Å²) in [6.07, 6.45) is 1.76. The van der Waals surface area contributed by atoms with Crippen LogP contribution in [0.3, 0.4) is 0 Å². The number of aromatic amines is 1. The first-order valence-corrected chi connectivity index (χ1v) is 7.39. The molecular formula is C18H16N4O2. The van der Waals surface area contributed by atoms with Crippen LogP contribution in [0.1, 0.15) is 5.56 Å². The number of H-pyrrole nitrogens is 1. The second-order valence-electron chi connectivity index (χ2n) is 5.54. The average Bonchev–Trinajstić information content (AvgIpc) is 3.08. The summed E-state index contributed by atoms with van der Waals surface area (Å²) in [6, 6.07) is 13.3. The molecule has 1 N–H and O–H groups in total. The molecule has 0 saturated heterocycles. The van der Waals surface area contributed by atoms with E-state index in [-0.39, 0.29) is 12.5 Å². The first-order valence-electron chi connectivity index (χ1n) is 7.39. The molecule has 1 amide bonds. The van der Waals surface area contributed by atoms with Crippen molar-refractivity contribution < 1.29 is 9.53 Å². The number of benzene rings is 2. The Labute approximate surface area is 139 Å². The second kappa shape index (κ2) is 6.42. The normalized spacial score (nSPS) is 10.4. The number of aromatic nitrogens is 2. The zero-order valence-corrected chi connectivity index (χ0v) is 13.4. The highest BCUT2D eigenvalue weighted by Gasteiger charge is 2.11. The fourth-order valence-corrected chi connectivity index (χ4v) is 2.40. The number of likely N-dealkylation sites (N-methyl/N-ethyl adjacent to an activating group) is 1. The molecule has 0 atom stereocenters. The molecule has 2 aromatic carbocycles. The van der Waals surface area contributed by atoms with E-state index in [0.29, 0.717) is 11.3 Å². The maximum atomic E-state index is 11.6. The number of nitrogens with one attached hydrogen (secondary N) is 1. The van der Waals surface area contributed by atoms with Crippen molar-refractivity contribution in [2.45, 2.75) is 0 Å². The molecule has 0 aliphatic heterocycles. The summed E-state index contributed by atoms with van der Waals surface area (Å²) in [4.78, 5) is 13.1. The van der Waals surface area contributed by atoms with E-state index in [0.717, 1.165) is 22.0 Å². The van der Waals surface area contributed by atoms with E-state index in [1.165, 1.54) is 4.90 Å². The van der Waals surface area contributed by atoms with Gasteiger partial charge in [-0.25, -0.2) is 0 Å². The molecule has 0 aliphatic carbocycles. The molecule has 6 heteroatoms. The maximum absolute atomic E-state index is 11.6. The zero-order valence-electron chi connectivity index (χ0n) is 13.4. The first-order chi connectivity index (χ1) is 11.6. The Morgan fingerprint density at radius 2 is 2.17 bits per heavy atom. The maximum Gasteiger partial charge on any atom is 0.259 e. The fourth-order valence-electron chi connectivity index (χ4n) is 2.40. The van der Waals surface area contributed by atoms with Gasteiger partial charge < -0.3 is 9.64 Å². The Morgan fingerprint density at radius 3 is 2.92 bits per heavy atom. The molecule has 0 spiro atoms. The van der Waals surface area contributed by atoms with Gasteiger partial charge in [0.1, 0.15) is 11.8 Å². The van der Waals surface area contributed by atoms with Crippen LogP contribution in [0.15, 0.2) is 42.6 Å². The summed E-state index contributed by atoms with van der Waals surface area (Å²) in [5.41, 5.74) is 3.20. The predicted octanol–water partition coefficient (Wildman–Crippen LogP) is 2.57. The minimum absolute atomic E-state index is 0.0989. The van der Waals surface area contributed by atoms with Crippen LogP contribution in [-0.4, -0.2) is 41.7 Å². The lowest BCUT2D eigenvalue weighted by Crippen LogP contribution is -2.27. The van der Waals surface area contributed by atoms with Gasteiger partial charge in [-0.2, -0.15) is 10.4 Å². The molecule has 6 nitrogen and oxygen atoms in total. The van der Waals surface area contributed by atoms with Gasteiger partial charge in [0, 0.05) is 19.5 Å². The number of hydrogen-bond donors (Lipinski definition) is 1. The van der Waals surface area contributed by atoms with Gasteiger partial charge in [0.05, 0.1) is 17.3 Å². The molecule has 1 heterocycles. The van der Waals surface area contributed by atoms with Crippen LogP contribution in [-0.2, 0) is 4.79 Å². The minimum Gasteiger partial charge on any atom is -0.482 e. The number of rotatable bonds is 4. The lowest BCUT2D eigenvalue weighted by atomic mass is 10.00. The molecule has 0 aliphatic rings. The molecule has 0 radical (unpaired) electrons. The van der Waals surface area contributed by atoms with Crippen molar-refractivity contribution in [1.29, 1.82) is 5.26 Å². The van der Waals surface area contributed by atoms with Gasteiger partial charge in [0.15, 0.2) is 6.61 Å². The molecule has 3 rings (SSSR count). The lowest BCUT2D eigenvalue weighted by molar-refractivity contribution is -0.130. The van der Waals surface area contributed by atoms with E-state index in [1.807, 2.05) is 24.3 Å². The van der Waals surface area contributed by atoms with Crippen LogP contribution in [0.4, 0.5) is 0 Å². The van der Waals surface area contributed by atoms with E-state index in [2.05, 4.69) is 16.3 Å². The fraction of sp³-hybridized carbons (Fsp3) is 0.167. The predicted molar refractivity (Wildman–Crippen MR) is 90.4 cm³/mol. The van der Waals surface area contributed by atoms with Crippen molar-refractivity contribution in [3.05, 3.63) is 48.2 Å².